The monoisotopic (exact) mass is 268 g/mol. The molecule has 8 heteroatoms. The zero-order chi connectivity index (χ0) is 14.2. The zero-order valence-corrected chi connectivity index (χ0v) is 9.58. The molecule has 0 spiro atoms. The fourth-order valence-corrected chi connectivity index (χ4v) is 1.94. The minimum absolute atomic E-state index is 0.000417. The van der Waals surface area contributed by atoms with E-state index >= 15 is 0 Å². The van der Waals surface area contributed by atoms with Crippen molar-refractivity contribution in [3.8, 4) is 0 Å². The van der Waals surface area contributed by atoms with Crippen LogP contribution in [0.5, 0.6) is 0 Å². The van der Waals surface area contributed by atoms with Crippen LogP contribution in [0.3, 0.4) is 0 Å². The average Bonchev–Trinajstić information content (AvgIpc) is 2.70. The van der Waals surface area contributed by atoms with Crippen molar-refractivity contribution < 1.29 is 24.0 Å². The quantitative estimate of drug-likeness (QED) is 0.655. The molecule has 0 aromatic heterocycles. The summed E-state index contributed by atoms with van der Waals surface area (Å²) in [5, 5.41) is 19.4. The lowest BCUT2D eigenvalue weighted by atomic mass is 10.1. The Balaban J connectivity index is 2.34. The van der Waals surface area contributed by atoms with Crippen molar-refractivity contribution in [1.29, 1.82) is 0 Å². The van der Waals surface area contributed by atoms with E-state index in [1.54, 1.807) is 0 Å². The van der Waals surface area contributed by atoms with Crippen molar-refractivity contribution in [1.82, 2.24) is 0 Å². The summed E-state index contributed by atoms with van der Waals surface area (Å²) in [4.78, 5) is 33.3. The van der Waals surface area contributed by atoms with Gasteiger partial charge in [0.1, 0.15) is 5.82 Å². The number of carboxylic acid groups (broad SMARTS) is 1. The molecule has 1 aromatic carbocycles. The standard InChI is InChI=1S/C11H9FN2O5/c12-7-2-8(4-9(3-7)14(18)19)13-5-6(11(16)17)1-10(13)15/h2-4,6H,1,5H2,(H,16,17). The summed E-state index contributed by atoms with van der Waals surface area (Å²) in [7, 11) is 0. The maximum Gasteiger partial charge on any atom is 0.308 e. The van der Waals surface area contributed by atoms with Crippen LogP contribution in [0.15, 0.2) is 18.2 Å². The second kappa shape index (κ2) is 4.63. The molecular formula is C11H9FN2O5. The zero-order valence-electron chi connectivity index (χ0n) is 9.58. The topological polar surface area (TPSA) is 101 Å². The Kier molecular flexibility index (Phi) is 3.16. The highest BCUT2D eigenvalue weighted by atomic mass is 19.1. The molecule has 100 valence electrons. The van der Waals surface area contributed by atoms with E-state index in [1.807, 2.05) is 0 Å². The first kappa shape index (κ1) is 12.9. The number of benzene rings is 1. The summed E-state index contributed by atoms with van der Waals surface area (Å²) in [6, 6.07) is 2.75. The van der Waals surface area contributed by atoms with Crippen LogP contribution in [0.1, 0.15) is 6.42 Å². The highest BCUT2D eigenvalue weighted by Crippen LogP contribution is 2.29. The number of carboxylic acids is 1. The molecule has 1 amide bonds. The van der Waals surface area contributed by atoms with Gasteiger partial charge in [0, 0.05) is 19.0 Å². The van der Waals surface area contributed by atoms with Gasteiger partial charge < -0.3 is 10.0 Å². The maximum atomic E-state index is 13.3. The number of amides is 1. The minimum atomic E-state index is -1.12. The molecule has 1 aliphatic rings. The second-order valence-electron chi connectivity index (χ2n) is 4.17. The van der Waals surface area contributed by atoms with E-state index in [-0.39, 0.29) is 18.7 Å². The molecule has 19 heavy (non-hydrogen) atoms. The van der Waals surface area contributed by atoms with E-state index in [2.05, 4.69) is 0 Å². The van der Waals surface area contributed by atoms with Crippen molar-refractivity contribution >= 4 is 23.3 Å². The number of nitro groups is 1. The van der Waals surface area contributed by atoms with Gasteiger partial charge in [-0.15, -0.1) is 0 Å². The number of rotatable bonds is 3. The molecule has 0 saturated carbocycles. The molecule has 1 unspecified atom stereocenters. The van der Waals surface area contributed by atoms with Gasteiger partial charge in [-0.05, 0) is 6.07 Å². The van der Waals surface area contributed by atoms with Crippen LogP contribution in [0, 0.1) is 21.8 Å². The number of hydrogen-bond donors (Lipinski definition) is 1. The first-order valence-corrected chi connectivity index (χ1v) is 5.36. The summed E-state index contributed by atoms with van der Waals surface area (Å²) in [6.07, 6.45) is -0.195. The Bertz CT molecular complexity index is 574. The molecule has 2 rings (SSSR count). The number of anilines is 1. The minimum Gasteiger partial charge on any atom is -0.481 e. The van der Waals surface area contributed by atoms with E-state index < -0.39 is 34.2 Å². The second-order valence-corrected chi connectivity index (χ2v) is 4.17. The normalized spacial score (nSPS) is 18.7. The number of hydrogen-bond acceptors (Lipinski definition) is 4. The Morgan fingerprint density at radius 2 is 2.16 bits per heavy atom. The third-order valence-corrected chi connectivity index (χ3v) is 2.86. The summed E-state index contributed by atoms with van der Waals surface area (Å²) < 4.78 is 13.3. The van der Waals surface area contributed by atoms with E-state index in [0.29, 0.717) is 0 Å². The smallest absolute Gasteiger partial charge is 0.308 e. The van der Waals surface area contributed by atoms with Gasteiger partial charge in [-0.1, -0.05) is 0 Å². The predicted octanol–water partition coefficient (Wildman–Crippen LogP) is 1.17. The highest BCUT2D eigenvalue weighted by Gasteiger charge is 2.35. The highest BCUT2D eigenvalue weighted by molar-refractivity contribution is 5.99. The summed E-state index contributed by atoms with van der Waals surface area (Å²) in [5.41, 5.74) is -0.484. The summed E-state index contributed by atoms with van der Waals surface area (Å²) >= 11 is 0. The summed E-state index contributed by atoms with van der Waals surface area (Å²) in [5.74, 6) is -3.35. The number of nitro benzene ring substituents is 1. The molecule has 0 aliphatic carbocycles. The number of aliphatic carboxylic acids is 1. The van der Waals surface area contributed by atoms with Crippen molar-refractivity contribution in [3.05, 3.63) is 34.1 Å². The van der Waals surface area contributed by atoms with Crippen LogP contribution in [0.25, 0.3) is 0 Å². The average molecular weight is 268 g/mol. The number of nitrogens with zero attached hydrogens (tertiary/aromatic N) is 2. The Hall–Kier alpha value is -2.51. The number of carbonyl (C=O) groups excluding carboxylic acids is 1. The predicted molar refractivity (Wildman–Crippen MR) is 61.2 cm³/mol. The molecule has 1 N–H and O–H groups in total. The van der Waals surface area contributed by atoms with Gasteiger partial charge in [0.15, 0.2) is 0 Å². The number of halogens is 1. The SMILES string of the molecule is O=C(O)C1CC(=O)N(c2cc(F)cc([N+](=O)[O-])c2)C1. The molecule has 1 aromatic rings. The third-order valence-electron chi connectivity index (χ3n) is 2.86. The lowest BCUT2D eigenvalue weighted by Crippen LogP contribution is -2.25. The van der Waals surface area contributed by atoms with E-state index in [4.69, 9.17) is 5.11 Å². The van der Waals surface area contributed by atoms with Crippen molar-refractivity contribution in [3.63, 3.8) is 0 Å². The molecule has 1 atom stereocenters. The molecule has 1 aliphatic heterocycles. The molecule has 0 radical (unpaired) electrons. The van der Waals surface area contributed by atoms with Gasteiger partial charge >= 0.3 is 5.97 Å². The molecule has 0 bridgehead atoms. The van der Waals surface area contributed by atoms with Crippen LogP contribution in [0.4, 0.5) is 15.8 Å². The van der Waals surface area contributed by atoms with Gasteiger partial charge in [0.2, 0.25) is 5.91 Å². The van der Waals surface area contributed by atoms with Crippen LogP contribution in [-0.4, -0.2) is 28.5 Å². The fraction of sp³-hybridized carbons (Fsp3) is 0.273. The van der Waals surface area contributed by atoms with Crippen LogP contribution < -0.4 is 4.90 Å². The van der Waals surface area contributed by atoms with Gasteiger partial charge in [0.25, 0.3) is 5.69 Å². The Morgan fingerprint density at radius 1 is 1.47 bits per heavy atom. The first-order valence-electron chi connectivity index (χ1n) is 5.36. The van der Waals surface area contributed by atoms with Crippen molar-refractivity contribution in [2.45, 2.75) is 6.42 Å². The summed E-state index contributed by atoms with van der Waals surface area (Å²) in [6.45, 7) is -0.116. The van der Waals surface area contributed by atoms with Crippen LogP contribution in [0.2, 0.25) is 0 Å². The Labute approximate surface area is 106 Å². The van der Waals surface area contributed by atoms with Gasteiger partial charge in [-0.25, -0.2) is 4.39 Å². The first-order chi connectivity index (χ1) is 8.88. The third kappa shape index (κ3) is 2.51. The molecule has 1 fully saturated rings. The lowest BCUT2D eigenvalue weighted by molar-refractivity contribution is -0.385. The lowest BCUT2D eigenvalue weighted by Gasteiger charge is -2.15. The van der Waals surface area contributed by atoms with E-state index in [0.717, 1.165) is 23.1 Å². The molecule has 1 saturated heterocycles. The Morgan fingerprint density at radius 3 is 2.68 bits per heavy atom. The number of non-ortho nitro benzene ring substituents is 1. The van der Waals surface area contributed by atoms with Crippen LogP contribution >= 0.6 is 0 Å². The largest absolute Gasteiger partial charge is 0.481 e. The van der Waals surface area contributed by atoms with Gasteiger partial charge in [0.05, 0.1) is 22.6 Å². The van der Waals surface area contributed by atoms with Gasteiger partial charge in [-0.2, -0.15) is 0 Å². The maximum absolute atomic E-state index is 13.3. The van der Waals surface area contributed by atoms with E-state index in [1.165, 1.54) is 0 Å². The molecular weight excluding hydrogens is 259 g/mol. The van der Waals surface area contributed by atoms with Crippen LogP contribution in [-0.2, 0) is 9.59 Å². The molecule has 7 nitrogen and oxygen atoms in total. The fourth-order valence-electron chi connectivity index (χ4n) is 1.94. The van der Waals surface area contributed by atoms with Gasteiger partial charge in [-0.3, -0.25) is 19.7 Å². The molecule has 1 heterocycles. The number of carbonyl (C=O) groups is 2. The van der Waals surface area contributed by atoms with Crippen molar-refractivity contribution in [2.75, 3.05) is 11.4 Å². The van der Waals surface area contributed by atoms with E-state index in [9.17, 15) is 24.1 Å². The van der Waals surface area contributed by atoms with Crippen molar-refractivity contribution in [2.24, 2.45) is 5.92 Å².